The fraction of sp³-hybridized carbons (Fsp3) is 0.143. The van der Waals surface area contributed by atoms with Gasteiger partial charge in [-0.15, -0.1) is 0 Å². The van der Waals surface area contributed by atoms with E-state index in [2.05, 4.69) is 10.3 Å². The maximum atomic E-state index is 13.3. The van der Waals surface area contributed by atoms with Crippen molar-refractivity contribution in [3.05, 3.63) is 82.9 Å². The van der Waals surface area contributed by atoms with E-state index in [9.17, 15) is 9.18 Å². The lowest BCUT2D eigenvalue weighted by atomic mass is 10.1. The van der Waals surface area contributed by atoms with Crippen LogP contribution in [0.1, 0.15) is 22.8 Å². The standard InChI is InChI=1S/C21H18ClFN2O3/c1-2-27-20-11-15(21(26)25-16-4-5-18(23)17(22)12-16)3-6-19(20)28-13-14-7-9-24-10-8-14/h3-12H,2,13H2,1H3,(H,25,26). The molecule has 5 nitrogen and oxygen atoms in total. The molecule has 7 heteroatoms. The Hall–Kier alpha value is -3.12. The molecular weight excluding hydrogens is 383 g/mol. The lowest BCUT2D eigenvalue weighted by Gasteiger charge is -2.13. The average molecular weight is 401 g/mol. The van der Waals surface area contributed by atoms with Crippen LogP contribution < -0.4 is 14.8 Å². The first-order chi connectivity index (χ1) is 13.6. The second-order valence-corrected chi connectivity index (χ2v) is 6.23. The van der Waals surface area contributed by atoms with Crippen LogP contribution in [0.25, 0.3) is 0 Å². The maximum absolute atomic E-state index is 13.3. The Balaban J connectivity index is 1.75. The molecule has 0 spiro atoms. The van der Waals surface area contributed by atoms with Gasteiger partial charge in [0, 0.05) is 23.6 Å². The molecule has 1 aromatic heterocycles. The summed E-state index contributed by atoms with van der Waals surface area (Å²) in [4.78, 5) is 16.5. The maximum Gasteiger partial charge on any atom is 0.255 e. The lowest BCUT2D eigenvalue weighted by molar-refractivity contribution is 0.102. The van der Waals surface area contributed by atoms with Crippen LogP contribution in [0, 0.1) is 5.82 Å². The van der Waals surface area contributed by atoms with Gasteiger partial charge in [0.1, 0.15) is 12.4 Å². The van der Waals surface area contributed by atoms with Gasteiger partial charge >= 0.3 is 0 Å². The van der Waals surface area contributed by atoms with Crippen molar-refractivity contribution in [2.75, 3.05) is 11.9 Å². The monoisotopic (exact) mass is 400 g/mol. The summed E-state index contributed by atoms with van der Waals surface area (Å²) in [5.41, 5.74) is 1.74. The molecular formula is C21H18ClFN2O3. The number of anilines is 1. The van der Waals surface area contributed by atoms with Gasteiger partial charge in [-0.1, -0.05) is 11.6 Å². The number of nitrogens with one attached hydrogen (secondary N) is 1. The fourth-order valence-electron chi connectivity index (χ4n) is 2.45. The molecule has 2 aromatic carbocycles. The number of amides is 1. The van der Waals surface area contributed by atoms with Gasteiger partial charge in [0.05, 0.1) is 11.6 Å². The predicted molar refractivity (Wildman–Crippen MR) is 106 cm³/mol. The minimum absolute atomic E-state index is 0.0623. The van der Waals surface area contributed by atoms with Crippen molar-refractivity contribution in [1.82, 2.24) is 4.98 Å². The van der Waals surface area contributed by atoms with E-state index < -0.39 is 5.82 Å². The van der Waals surface area contributed by atoms with Crippen molar-refractivity contribution in [2.45, 2.75) is 13.5 Å². The number of hydrogen-bond acceptors (Lipinski definition) is 4. The Bertz CT molecular complexity index is 967. The van der Waals surface area contributed by atoms with Gasteiger partial charge in [0.15, 0.2) is 11.5 Å². The van der Waals surface area contributed by atoms with E-state index in [0.717, 1.165) is 5.56 Å². The van der Waals surface area contributed by atoms with Crippen LogP contribution in [0.2, 0.25) is 5.02 Å². The van der Waals surface area contributed by atoms with E-state index in [0.29, 0.717) is 36.0 Å². The Kier molecular flexibility index (Phi) is 6.45. The number of hydrogen-bond donors (Lipinski definition) is 1. The summed E-state index contributed by atoms with van der Waals surface area (Å²) in [5, 5.41) is 2.62. The van der Waals surface area contributed by atoms with Crippen LogP contribution in [-0.2, 0) is 6.61 Å². The number of ether oxygens (including phenoxy) is 2. The number of rotatable bonds is 7. The third kappa shape index (κ3) is 4.98. The number of aromatic nitrogens is 1. The molecule has 0 unspecified atom stereocenters. The summed E-state index contributed by atoms with van der Waals surface area (Å²) in [5.74, 6) is 0.0692. The summed E-state index contributed by atoms with van der Waals surface area (Å²) in [6.45, 7) is 2.62. The van der Waals surface area contributed by atoms with Gasteiger partial charge in [-0.05, 0) is 61.0 Å². The van der Waals surface area contributed by atoms with Crippen molar-refractivity contribution in [2.24, 2.45) is 0 Å². The summed E-state index contributed by atoms with van der Waals surface area (Å²) in [6.07, 6.45) is 3.38. The van der Waals surface area contributed by atoms with E-state index >= 15 is 0 Å². The van der Waals surface area contributed by atoms with E-state index in [1.165, 1.54) is 18.2 Å². The van der Waals surface area contributed by atoms with Crippen molar-refractivity contribution >= 4 is 23.2 Å². The highest BCUT2D eigenvalue weighted by molar-refractivity contribution is 6.31. The van der Waals surface area contributed by atoms with Crippen LogP contribution in [0.5, 0.6) is 11.5 Å². The molecule has 0 saturated carbocycles. The van der Waals surface area contributed by atoms with Gasteiger partial charge in [-0.25, -0.2) is 4.39 Å². The molecule has 28 heavy (non-hydrogen) atoms. The molecule has 0 atom stereocenters. The Morgan fingerprint density at radius 1 is 1.07 bits per heavy atom. The third-order valence-electron chi connectivity index (χ3n) is 3.83. The molecule has 0 fully saturated rings. The highest BCUT2D eigenvalue weighted by atomic mass is 35.5. The van der Waals surface area contributed by atoms with E-state index in [1.54, 1.807) is 30.6 Å². The first-order valence-corrected chi connectivity index (χ1v) is 8.99. The molecule has 1 N–H and O–H groups in total. The molecule has 144 valence electrons. The summed E-state index contributed by atoms with van der Waals surface area (Å²) in [6, 6.07) is 12.6. The Morgan fingerprint density at radius 2 is 1.86 bits per heavy atom. The van der Waals surface area contributed by atoms with Gasteiger partial charge in [-0.3, -0.25) is 9.78 Å². The van der Waals surface area contributed by atoms with Crippen molar-refractivity contribution in [3.8, 4) is 11.5 Å². The van der Waals surface area contributed by atoms with Gasteiger partial charge in [0.25, 0.3) is 5.91 Å². The van der Waals surface area contributed by atoms with E-state index in [-0.39, 0.29) is 10.9 Å². The van der Waals surface area contributed by atoms with Crippen LogP contribution in [0.15, 0.2) is 60.9 Å². The number of pyridine rings is 1. The van der Waals surface area contributed by atoms with Crippen LogP contribution in [-0.4, -0.2) is 17.5 Å². The SMILES string of the molecule is CCOc1cc(C(=O)Nc2ccc(F)c(Cl)c2)ccc1OCc1ccncc1. The zero-order valence-electron chi connectivity index (χ0n) is 15.1. The fourth-order valence-corrected chi connectivity index (χ4v) is 2.63. The molecule has 3 rings (SSSR count). The molecule has 0 aliphatic heterocycles. The molecule has 3 aromatic rings. The first kappa shape index (κ1) is 19.6. The minimum Gasteiger partial charge on any atom is -0.490 e. The third-order valence-corrected chi connectivity index (χ3v) is 4.12. The Morgan fingerprint density at radius 3 is 2.57 bits per heavy atom. The summed E-state index contributed by atoms with van der Waals surface area (Å²) < 4.78 is 24.7. The zero-order chi connectivity index (χ0) is 19.9. The molecule has 0 aliphatic rings. The van der Waals surface area contributed by atoms with E-state index in [1.807, 2.05) is 19.1 Å². The lowest BCUT2D eigenvalue weighted by Crippen LogP contribution is -2.12. The zero-order valence-corrected chi connectivity index (χ0v) is 15.9. The Labute approximate surface area is 167 Å². The number of carbonyl (C=O) groups excluding carboxylic acids is 1. The number of benzene rings is 2. The van der Waals surface area contributed by atoms with Crippen LogP contribution in [0.3, 0.4) is 0 Å². The molecule has 0 saturated heterocycles. The largest absolute Gasteiger partial charge is 0.490 e. The second-order valence-electron chi connectivity index (χ2n) is 5.82. The van der Waals surface area contributed by atoms with Gasteiger partial charge in [0.2, 0.25) is 0 Å². The topological polar surface area (TPSA) is 60.5 Å². The number of nitrogens with zero attached hydrogens (tertiary/aromatic N) is 1. The van der Waals surface area contributed by atoms with Crippen molar-refractivity contribution in [3.63, 3.8) is 0 Å². The summed E-state index contributed by atoms with van der Waals surface area (Å²) in [7, 11) is 0. The van der Waals surface area contributed by atoms with Crippen LogP contribution in [0.4, 0.5) is 10.1 Å². The highest BCUT2D eigenvalue weighted by Crippen LogP contribution is 2.30. The van der Waals surface area contributed by atoms with Gasteiger partial charge in [-0.2, -0.15) is 0 Å². The molecule has 1 amide bonds. The molecule has 0 radical (unpaired) electrons. The number of carbonyl (C=O) groups is 1. The highest BCUT2D eigenvalue weighted by Gasteiger charge is 2.13. The quantitative estimate of drug-likeness (QED) is 0.599. The predicted octanol–water partition coefficient (Wildman–Crippen LogP) is 5.10. The second kappa shape index (κ2) is 9.19. The summed E-state index contributed by atoms with van der Waals surface area (Å²) >= 11 is 5.75. The van der Waals surface area contributed by atoms with Crippen molar-refractivity contribution < 1.29 is 18.7 Å². The van der Waals surface area contributed by atoms with Crippen molar-refractivity contribution in [1.29, 1.82) is 0 Å². The number of halogens is 2. The average Bonchev–Trinajstić information content (AvgIpc) is 2.71. The van der Waals surface area contributed by atoms with Crippen LogP contribution >= 0.6 is 11.6 Å². The molecule has 0 aliphatic carbocycles. The smallest absolute Gasteiger partial charge is 0.255 e. The molecule has 0 bridgehead atoms. The first-order valence-electron chi connectivity index (χ1n) is 8.61. The molecule has 1 heterocycles. The normalized spacial score (nSPS) is 10.4. The minimum atomic E-state index is -0.547. The van der Waals surface area contributed by atoms with Gasteiger partial charge < -0.3 is 14.8 Å². The van der Waals surface area contributed by atoms with E-state index in [4.69, 9.17) is 21.1 Å².